The Morgan fingerprint density at radius 1 is 0.600 bits per heavy atom. The van der Waals surface area contributed by atoms with Gasteiger partial charge in [-0.15, -0.1) is 0 Å². The maximum Gasteiger partial charge on any atom is 0.251 e. The first-order valence-corrected chi connectivity index (χ1v) is 30.8. The summed E-state index contributed by atoms with van der Waals surface area (Å²) in [6.07, 6.45) is 3.06. The van der Waals surface area contributed by atoms with E-state index < -0.39 is 120 Å². The Bertz CT molecular complexity index is 2690. The Labute approximate surface area is 471 Å². The summed E-state index contributed by atoms with van der Waals surface area (Å²) in [5.41, 5.74) is 0.339. The summed E-state index contributed by atoms with van der Waals surface area (Å²) in [6, 6.07) is 12.1. The van der Waals surface area contributed by atoms with Gasteiger partial charge in [0, 0.05) is 74.9 Å². The lowest BCUT2D eigenvalue weighted by Gasteiger charge is -2.37. The summed E-state index contributed by atoms with van der Waals surface area (Å²) in [7, 11) is -4.45. The molecule has 442 valence electrons. The first kappa shape index (κ1) is 65.1. The Hall–Kier alpha value is -5.72. The topological polar surface area (TPSA) is 244 Å². The molecular weight excluding hydrogens is 1070 g/mol. The van der Waals surface area contributed by atoms with Crippen LogP contribution < -0.4 is 26.6 Å². The van der Waals surface area contributed by atoms with Crippen LogP contribution in [0.3, 0.4) is 0 Å². The van der Waals surface area contributed by atoms with E-state index in [0.29, 0.717) is 11.1 Å². The van der Waals surface area contributed by atoms with Gasteiger partial charge in [-0.05, 0) is 118 Å². The van der Waals surface area contributed by atoms with Crippen LogP contribution in [0.2, 0.25) is 0 Å². The highest BCUT2D eigenvalue weighted by Crippen LogP contribution is 2.33. The molecule has 5 N–H and O–H groups in total. The number of benzene rings is 3. The molecule has 0 aliphatic carbocycles. The van der Waals surface area contributed by atoms with Crippen LogP contribution in [0.25, 0.3) is 0 Å². The third-order valence-corrected chi connectivity index (χ3v) is 17.6. The number of likely N-dealkylation sites (tertiary alicyclic amines) is 2. The fourth-order valence-electron chi connectivity index (χ4n) is 10.0. The Kier molecular flexibility index (Phi) is 22.3. The van der Waals surface area contributed by atoms with E-state index in [0.717, 1.165) is 12.5 Å². The highest BCUT2D eigenvalue weighted by Gasteiger charge is 2.46. The molecule has 2 aliphatic heterocycles. The van der Waals surface area contributed by atoms with Crippen LogP contribution in [0.15, 0.2) is 72.8 Å². The number of sulfonamides is 2. The third kappa shape index (κ3) is 18.1. The van der Waals surface area contributed by atoms with Crippen LogP contribution in [-0.2, 0) is 52.1 Å². The summed E-state index contributed by atoms with van der Waals surface area (Å²) in [5, 5.41) is 14.5. The van der Waals surface area contributed by atoms with Crippen LogP contribution >= 0.6 is 0 Å². The molecular formula is C57H83F2N9O10S2. The molecule has 0 radical (unpaired) electrons. The van der Waals surface area contributed by atoms with E-state index in [4.69, 9.17) is 0 Å². The summed E-state index contributed by atoms with van der Waals surface area (Å²) >= 11 is 0. The molecule has 0 unspecified atom stereocenters. The minimum absolute atomic E-state index is 0.0125. The van der Waals surface area contributed by atoms with E-state index in [1.165, 1.54) is 62.0 Å². The van der Waals surface area contributed by atoms with Crippen molar-refractivity contribution in [2.24, 2.45) is 16.7 Å². The van der Waals surface area contributed by atoms with E-state index in [2.05, 4.69) is 26.6 Å². The average Bonchev–Trinajstić information content (AvgIpc) is 4.00. The minimum Gasteiger partial charge on any atom is -0.347 e. The molecule has 0 aromatic heterocycles. The van der Waals surface area contributed by atoms with Crippen molar-refractivity contribution in [3.63, 3.8) is 0 Å². The largest absolute Gasteiger partial charge is 0.347 e. The van der Waals surface area contributed by atoms with E-state index in [1.807, 2.05) is 20.8 Å². The molecule has 19 nitrogen and oxygen atoms in total. The van der Waals surface area contributed by atoms with Crippen molar-refractivity contribution in [1.82, 2.24) is 45.0 Å². The molecule has 0 spiro atoms. The molecule has 23 heteroatoms. The Morgan fingerprint density at radius 3 is 1.38 bits per heavy atom. The average molecular weight is 1160 g/mol. The van der Waals surface area contributed by atoms with Crippen molar-refractivity contribution in [3.8, 4) is 0 Å². The van der Waals surface area contributed by atoms with Gasteiger partial charge in [0.2, 0.25) is 43.7 Å². The summed E-state index contributed by atoms with van der Waals surface area (Å²) < 4.78 is 83.1. The lowest BCUT2D eigenvalue weighted by molar-refractivity contribution is -0.141. The van der Waals surface area contributed by atoms with Gasteiger partial charge in [-0.1, -0.05) is 77.9 Å². The number of rotatable bonds is 25. The highest BCUT2D eigenvalue weighted by atomic mass is 32.2. The van der Waals surface area contributed by atoms with Crippen molar-refractivity contribution in [3.05, 3.63) is 107 Å². The molecule has 2 fully saturated rings. The number of ketones is 1. The zero-order valence-corrected chi connectivity index (χ0v) is 49.9. The van der Waals surface area contributed by atoms with Gasteiger partial charge in [-0.2, -0.15) is 8.61 Å². The molecule has 8 atom stereocenters. The Morgan fingerprint density at radius 2 is 0.988 bits per heavy atom. The molecule has 0 saturated carbocycles. The zero-order chi connectivity index (χ0) is 59.7. The lowest BCUT2D eigenvalue weighted by Crippen LogP contribution is -2.59. The number of hydrogen-bond acceptors (Lipinski definition) is 12. The Balaban J connectivity index is 1.35. The quantitative estimate of drug-likeness (QED) is 0.0763. The lowest BCUT2D eigenvalue weighted by atomic mass is 9.85. The molecule has 3 aromatic rings. The van der Waals surface area contributed by atoms with E-state index >= 15 is 0 Å². The first-order chi connectivity index (χ1) is 37.2. The van der Waals surface area contributed by atoms with Crippen molar-refractivity contribution >= 4 is 55.4 Å². The molecule has 80 heavy (non-hydrogen) atoms. The van der Waals surface area contributed by atoms with Crippen LogP contribution in [0, 0.1) is 28.4 Å². The number of likely N-dealkylation sites (N-methyl/N-ethyl adjacent to an activating group) is 2. The SMILES string of the molecule is CN[C@@H](C)C(=O)N[C@H](C(=O)N1C[C@@H](CC(=O)c2ccc(C(=O)N[C@H]3C[C@@H](CN(CCc4ccc(F)cc4)S(C)(=O)=O)N(C(=O)[C@@H](NC(=O)[C@H](C)NC)C(C)(C)C)C3)cc2)C[C@H]1CN(CCc1ccc(F)cc1)S(C)(=O)=O)C(C)(C)C. The van der Waals surface area contributed by atoms with Gasteiger partial charge < -0.3 is 36.4 Å². The number of nitrogens with zero attached hydrogens (tertiary/aromatic N) is 4. The van der Waals surface area contributed by atoms with Gasteiger partial charge in [0.05, 0.1) is 24.6 Å². The monoisotopic (exact) mass is 1160 g/mol. The van der Waals surface area contributed by atoms with Gasteiger partial charge in [-0.25, -0.2) is 25.6 Å². The van der Waals surface area contributed by atoms with Gasteiger partial charge in [0.25, 0.3) is 5.91 Å². The molecule has 2 saturated heterocycles. The van der Waals surface area contributed by atoms with E-state index in [-0.39, 0.29) is 88.3 Å². The second-order valence-electron chi connectivity index (χ2n) is 23.6. The maximum atomic E-state index is 14.7. The van der Waals surface area contributed by atoms with Crippen molar-refractivity contribution in [2.45, 2.75) is 130 Å². The van der Waals surface area contributed by atoms with Crippen LogP contribution in [0.4, 0.5) is 8.78 Å². The zero-order valence-electron chi connectivity index (χ0n) is 48.3. The number of carbonyl (C=O) groups excluding carboxylic acids is 6. The van der Waals surface area contributed by atoms with Crippen LogP contribution in [0.5, 0.6) is 0 Å². The molecule has 5 amide bonds. The van der Waals surface area contributed by atoms with Crippen LogP contribution in [0.1, 0.15) is 106 Å². The van der Waals surface area contributed by atoms with Gasteiger partial charge in [0.15, 0.2) is 5.78 Å². The minimum atomic E-state index is -3.85. The maximum absolute atomic E-state index is 14.7. The fraction of sp³-hybridized carbons (Fsp3) is 0.579. The summed E-state index contributed by atoms with van der Waals surface area (Å²) in [6.45, 7) is 14.1. The fourth-order valence-corrected chi connectivity index (χ4v) is 11.7. The van der Waals surface area contributed by atoms with E-state index in [1.54, 1.807) is 77.9 Å². The first-order valence-electron chi connectivity index (χ1n) is 27.1. The normalized spacial score (nSPS) is 19.6. The predicted octanol–water partition coefficient (Wildman–Crippen LogP) is 3.74. The van der Waals surface area contributed by atoms with Crippen molar-refractivity contribution < 1.29 is 54.4 Å². The number of Topliss-reactive ketones (excluding diaryl/α,β-unsaturated/α-hetero) is 1. The second-order valence-corrected chi connectivity index (χ2v) is 27.6. The van der Waals surface area contributed by atoms with Crippen molar-refractivity contribution in [2.75, 3.05) is 65.9 Å². The summed E-state index contributed by atoms with van der Waals surface area (Å²) in [4.78, 5) is 87.0. The summed E-state index contributed by atoms with van der Waals surface area (Å²) in [5.74, 6) is -3.79. The molecule has 0 bridgehead atoms. The molecule has 2 heterocycles. The van der Waals surface area contributed by atoms with Gasteiger partial charge >= 0.3 is 0 Å². The number of carbonyl (C=O) groups is 6. The smallest absolute Gasteiger partial charge is 0.251 e. The van der Waals surface area contributed by atoms with Crippen molar-refractivity contribution in [1.29, 1.82) is 0 Å². The number of halogens is 2. The number of amides is 5. The van der Waals surface area contributed by atoms with E-state index in [9.17, 15) is 54.4 Å². The third-order valence-electron chi connectivity index (χ3n) is 15.1. The van der Waals surface area contributed by atoms with Gasteiger partial charge in [-0.3, -0.25) is 28.8 Å². The number of nitrogens with one attached hydrogen (secondary N) is 5. The molecule has 5 rings (SSSR count). The van der Waals surface area contributed by atoms with Gasteiger partial charge in [0.1, 0.15) is 23.7 Å². The molecule has 2 aliphatic rings. The van der Waals surface area contributed by atoms with Crippen LogP contribution in [-0.4, -0.2) is 179 Å². The number of hydrogen-bond donors (Lipinski definition) is 5. The second kappa shape index (κ2) is 27.4. The highest BCUT2D eigenvalue weighted by molar-refractivity contribution is 7.88. The molecule has 3 aromatic carbocycles. The predicted molar refractivity (Wildman–Crippen MR) is 303 cm³/mol. The standard InChI is InChI=1S/C57H83F2N9O10S2/c1-36(60-9)51(70)63-49(56(3,4)5)54(73)67-32-40(29-46(67)34-65(79(11,75)76)27-25-38-13-21-43(58)22-14-38)30-48(69)41-17-19-42(20-18-41)53(72)62-45-31-47(35-66(80(12,77)78)28-26-39-15-23-44(59)24-16-39)68(33-45)55(74)50(57(6,7)8)64-52(71)37(2)61-10/h13-24,36-37,40,45-47,49-50,60-61H,25-35H2,1-12H3,(H,62,72)(H,63,70)(H,64,71)/t36-,37-,40+,45-,46-,47-,49+,50+/m0/s1.